The molecule has 1 aliphatic carbocycles. The SMILES string of the molecule is CCCC1CCC(CCc2ccc(-c3ccc(F)c(F)c3)c(F)c2)CC1. The first-order valence-corrected chi connectivity index (χ1v) is 9.80. The van der Waals surface area contributed by atoms with Crippen molar-refractivity contribution >= 4 is 0 Å². The molecule has 0 radical (unpaired) electrons. The molecule has 0 unspecified atom stereocenters. The lowest BCUT2D eigenvalue weighted by Crippen LogP contribution is -2.15. The number of hydrogen-bond acceptors (Lipinski definition) is 0. The van der Waals surface area contributed by atoms with Crippen molar-refractivity contribution < 1.29 is 13.2 Å². The molecule has 0 heterocycles. The van der Waals surface area contributed by atoms with E-state index in [2.05, 4.69) is 6.92 Å². The smallest absolute Gasteiger partial charge is 0.159 e. The molecule has 2 aromatic carbocycles. The van der Waals surface area contributed by atoms with Crippen molar-refractivity contribution in [3.63, 3.8) is 0 Å². The first-order valence-electron chi connectivity index (χ1n) is 9.80. The van der Waals surface area contributed by atoms with Crippen LogP contribution in [0.4, 0.5) is 13.2 Å². The van der Waals surface area contributed by atoms with E-state index in [1.165, 1.54) is 44.6 Å². The predicted molar refractivity (Wildman–Crippen MR) is 100 cm³/mol. The first kappa shape index (κ1) is 19.0. The zero-order valence-corrected chi connectivity index (χ0v) is 15.4. The fraction of sp³-hybridized carbons (Fsp3) is 0.478. The molecule has 3 rings (SSSR count). The summed E-state index contributed by atoms with van der Waals surface area (Å²) in [6.07, 6.45) is 9.85. The third-order valence-electron chi connectivity index (χ3n) is 5.77. The van der Waals surface area contributed by atoms with Gasteiger partial charge in [-0.3, -0.25) is 0 Å². The Morgan fingerprint density at radius 3 is 2.08 bits per heavy atom. The number of halogens is 3. The maximum absolute atomic E-state index is 14.5. The van der Waals surface area contributed by atoms with Gasteiger partial charge in [0.1, 0.15) is 5.82 Å². The van der Waals surface area contributed by atoms with Crippen LogP contribution in [0.5, 0.6) is 0 Å². The van der Waals surface area contributed by atoms with Crippen molar-refractivity contribution in [2.24, 2.45) is 11.8 Å². The third-order valence-corrected chi connectivity index (χ3v) is 5.77. The van der Waals surface area contributed by atoms with Gasteiger partial charge >= 0.3 is 0 Å². The summed E-state index contributed by atoms with van der Waals surface area (Å²) in [6, 6.07) is 8.61. The van der Waals surface area contributed by atoms with Gasteiger partial charge in [-0.1, -0.05) is 63.6 Å². The van der Waals surface area contributed by atoms with E-state index in [0.29, 0.717) is 11.1 Å². The summed E-state index contributed by atoms with van der Waals surface area (Å²) in [5.41, 5.74) is 1.65. The zero-order chi connectivity index (χ0) is 18.5. The Morgan fingerprint density at radius 1 is 0.769 bits per heavy atom. The summed E-state index contributed by atoms with van der Waals surface area (Å²) in [4.78, 5) is 0. The van der Waals surface area contributed by atoms with Gasteiger partial charge in [0.25, 0.3) is 0 Å². The summed E-state index contributed by atoms with van der Waals surface area (Å²) in [5, 5.41) is 0. The molecule has 3 heteroatoms. The third kappa shape index (κ3) is 4.69. The molecule has 1 saturated carbocycles. The largest absolute Gasteiger partial charge is 0.206 e. The Hall–Kier alpha value is -1.77. The highest BCUT2D eigenvalue weighted by atomic mass is 19.2. The van der Waals surface area contributed by atoms with Gasteiger partial charge in [0.15, 0.2) is 11.6 Å². The van der Waals surface area contributed by atoms with Crippen LogP contribution in [0.15, 0.2) is 36.4 Å². The Labute approximate surface area is 154 Å². The van der Waals surface area contributed by atoms with Crippen LogP contribution >= 0.6 is 0 Å². The highest BCUT2D eigenvalue weighted by Crippen LogP contribution is 2.34. The van der Waals surface area contributed by atoms with Crippen molar-refractivity contribution in [3.8, 4) is 11.1 Å². The second-order valence-corrected chi connectivity index (χ2v) is 7.66. The van der Waals surface area contributed by atoms with Gasteiger partial charge in [-0.15, -0.1) is 0 Å². The highest BCUT2D eigenvalue weighted by molar-refractivity contribution is 5.64. The molecule has 0 atom stereocenters. The Bertz CT molecular complexity index is 730. The molecule has 26 heavy (non-hydrogen) atoms. The second-order valence-electron chi connectivity index (χ2n) is 7.66. The molecule has 2 aromatic rings. The van der Waals surface area contributed by atoms with Crippen molar-refractivity contribution in [2.75, 3.05) is 0 Å². The van der Waals surface area contributed by atoms with Gasteiger partial charge in [0.2, 0.25) is 0 Å². The van der Waals surface area contributed by atoms with E-state index in [9.17, 15) is 13.2 Å². The molecule has 0 bridgehead atoms. The van der Waals surface area contributed by atoms with Gasteiger partial charge in [0.05, 0.1) is 0 Å². The van der Waals surface area contributed by atoms with Gasteiger partial charge in [-0.2, -0.15) is 0 Å². The summed E-state index contributed by atoms with van der Waals surface area (Å²) in [6.45, 7) is 2.25. The standard InChI is InChI=1S/C23H27F3/c1-2-3-16-4-6-17(7-5-16)8-9-18-10-12-20(22(25)14-18)19-11-13-21(24)23(26)15-19/h10-17H,2-9H2,1H3. The average molecular weight is 360 g/mol. The second kappa shape index (κ2) is 8.75. The zero-order valence-electron chi connectivity index (χ0n) is 15.4. The molecule has 0 aliphatic heterocycles. The van der Waals surface area contributed by atoms with Gasteiger partial charge in [-0.25, -0.2) is 13.2 Å². The predicted octanol–water partition coefficient (Wildman–Crippen LogP) is 7.31. The lowest BCUT2D eigenvalue weighted by molar-refractivity contribution is 0.252. The first-order chi connectivity index (χ1) is 12.6. The highest BCUT2D eigenvalue weighted by Gasteiger charge is 2.20. The van der Waals surface area contributed by atoms with E-state index in [4.69, 9.17) is 0 Å². The average Bonchev–Trinajstić information content (AvgIpc) is 2.64. The number of hydrogen-bond donors (Lipinski definition) is 0. The van der Waals surface area contributed by atoms with E-state index >= 15 is 0 Å². The molecule has 0 amide bonds. The fourth-order valence-electron chi connectivity index (χ4n) is 4.20. The van der Waals surface area contributed by atoms with E-state index in [1.54, 1.807) is 12.1 Å². The Balaban J connectivity index is 1.59. The van der Waals surface area contributed by atoms with Crippen LogP contribution < -0.4 is 0 Å². The summed E-state index contributed by atoms with van der Waals surface area (Å²) in [7, 11) is 0. The van der Waals surface area contributed by atoms with Crippen LogP contribution in [0, 0.1) is 29.3 Å². The van der Waals surface area contributed by atoms with Crippen LogP contribution in [0.1, 0.15) is 57.4 Å². The molecule has 140 valence electrons. The minimum atomic E-state index is -0.954. The van der Waals surface area contributed by atoms with Crippen molar-refractivity contribution in [1.82, 2.24) is 0 Å². The van der Waals surface area contributed by atoms with Crippen LogP contribution in [-0.2, 0) is 6.42 Å². The number of aryl methyl sites for hydroxylation is 1. The monoisotopic (exact) mass is 360 g/mol. The summed E-state index contributed by atoms with van der Waals surface area (Å²) in [5.74, 6) is -0.592. The summed E-state index contributed by atoms with van der Waals surface area (Å²) >= 11 is 0. The van der Waals surface area contributed by atoms with Crippen LogP contribution in [0.25, 0.3) is 11.1 Å². The molecule has 0 nitrogen and oxygen atoms in total. The minimum absolute atomic E-state index is 0.313. The van der Waals surface area contributed by atoms with Gasteiger partial charge in [-0.05, 0) is 54.0 Å². The molecular weight excluding hydrogens is 333 g/mol. The normalized spacial score (nSPS) is 20.3. The van der Waals surface area contributed by atoms with Crippen molar-refractivity contribution in [3.05, 3.63) is 59.4 Å². The van der Waals surface area contributed by atoms with Crippen molar-refractivity contribution in [1.29, 1.82) is 0 Å². The molecule has 1 fully saturated rings. The lowest BCUT2D eigenvalue weighted by Gasteiger charge is -2.28. The number of benzene rings is 2. The molecule has 0 saturated heterocycles. The maximum atomic E-state index is 14.5. The fourth-order valence-corrected chi connectivity index (χ4v) is 4.20. The van der Waals surface area contributed by atoms with E-state index in [1.807, 2.05) is 6.07 Å². The Morgan fingerprint density at radius 2 is 1.46 bits per heavy atom. The van der Waals surface area contributed by atoms with Gasteiger partial charge in [0, 0.05) is 5.56 Å². The molecule has 0 aromatic heterocycles. The molecular formula is C23H27F3. The van der Waals surface area contributed by atoms with E-state index in [-0.39, 0.29) is 5.82 Å². The summed E-state index contributed by atoms with van der Waals surface area (Å²) < 4.78 is 40.9. The molecule has 0 N–H and O–H groups in total. The van der Waals surface area contributed by atoms with Crippen LogP contribution in [-0.4, -0.2) is 0 Å². The van der Waals surface area contributed by atoms with Crippen LogP contribution in [0.3, 0.4) is 0 Å². The topological polar surface area (TPSA) is 0 Å². The van der Waals surface area contributed by atoms with E-state index < -0.39 is 11.6 Å². The quantitative estimate of drug-likeness (QED) is 0.506. The molecule has 0 spiro atoms. The Kier molecular flexibility index (Phi) is 6.39. The van der Waals surface area contributed by atoms with Crippen LogP contribution in [0.2, 0.25) is 0 Å². The molecule has 1 aliphatic rings. The van der Waals surface area contributed by atoms with Gasteiger partial charge < -0.3 is 0 Å². The lowest BCUT2D eigenvalue weighted by atomic mass is 9.78. The van der Waals surface area contributed by atoms with E-state index in [0.717, 1.165) is 42.4 Å². The maximum Gasteiger partial charge on any atom is 0.159 e. The number of rotatable bonds is 6. The van der Waals surface area contributed by atoms with Crippen molar-refractivity contribution in [2.45, 2.75) is 58.3 Å². The minimum Gasteiger partial charge on any atom is -0.206 e.